The molecule has 1 saturated heterocycles. The van der Waals surface area contributed by atoms with E-state index in [0.29, 0.717) is 45.6 Å². The summed E-state index contributed by atoms with van der Waals surface area (Å²) in [7, 11) is 0. The van der Waals surface area contributed by atoms with Crippen LogP contribution in [-0.2, 0) is 11.3 Å². The van der Waals surface area contributed by atoms with E-state index in [1.165, 1.54) is 6.07 Å². The number of hydrogen-bond donors (Lipinski definition) is 1. The Bertz CT molecular complexity index is 1010. The average Bonchev–Trinajstić information content (AvgIpc) is 3.38. The number of likely N-dealkylation sites (tertiary alicyclic amines) is 1. The monoisotopic (exact) mass is 470 g/mol. The van der Waals surface area contributed by atoms with Gasteiger partial charge in [-0.15, -0.1) is 11.3 Å². The highest BCUT2D eigenvalue weighted by atomic mass is 35.5. The van der Waals surface area contributed by atoms with Crippen LogP contribution in [0.25, 0.3) is 10.7 Å². The Kier molecular flexibility index (Phi) is 6.41. The molecule has 1 atom stereocenters. The van der Waals surface area contributed by atoms with Gasteiger partial charge in [0.25, 0.3) is 0 Å². The Morgan fingerprint density at radius 3 is 2.90 bits per heavy atom. The largest absolute Gasteiger partial charge is 0.338 e. The van der Waals surface area contributed by atoms with Gasteiger partial charge >= 0.3 is 0 Å². The Balaban J connectivity index is 1.38. The standard InChI is InChI=1S/C19H17Cl3N4O2S/c20-12-7-14(22)15(8-13(12)21)23-19(27)11-3-1-5-26(9-11)10-17-24-18(25-28-17)16-4-2-6-29-16/h2,4,6-8,11H,1,3,5,9-10H2,(H,23,27). The first kappa shape index (κ1) is 20.6. The quantitative estimate of drug-likeness (QED) is 0.490. The molecule has 1 fully saturated rings. The summed E-state index contributed by atoms with van der Waals surface area (Å²) in [6.45, 7) is 1.98. The summed E-state index contributed by atoms with van der Waals surface area (Å²) in [6, 6.07) is 6.99. The van der Waals surface area contributed by atoms with Crippen LogP contribution >= 0.6 is 46.1 Å². The highest BCUT2D eigenvalue weighted by Gasteiger charge is 2.27. The fraction of sp³-hybridized carbons (Fsp3) is 0.316. The molecule has 4 rings (SSSR count). The van der Waals surface area contributed by atoms with Crippen molar-refractivity contribution in [3.05, 3.63) is 50.6 Å². The van der Waals surface area contributed by atoms with Crippen LogP contribution < -0.4 is 5.32 Å². The third-order valence-electron chi connectivity index (χ3n) is 4.71. The lowest BCUT2D eigenvalue weighted by molar-refractivity contribution is -0.121. The predicted octanol–water partition coefficient (Wildman–Crippen LogP) is 5.61. The number of benzene rings is 1. The number of rotatable bonds is 5. The summed E-state index contributed by atoms with van der Waals surface area (Å²) in [4.78, 5) is 20.3. The topological polar surface area (TPSA) is 71.3 Å². The number of carbonyl (C=O) groups is 1. The maximum absolute atomic E-state index is 12.8. The molecule has 0 bridgehead atoms. The maximum Gasteiger partial charge on any atom is 0.241 e. The first-order chi connectivity index (χ1) is 14.0. The molecule has 1 amide bonds. The smallest absolute Gasteiger partial charge is 0.241 e. The number of halogens is 3. The molecule has 1 aliphatic heterocycles. The van der Waals surface area contributed by atoms with Crippen LogP contribution in [0.2, 0.25) is 15.1 Å². The summed E-state index contributed by atoms with van der Waals surface area (Å²) in [5.74, 6) is 0.867. The van der Waals surface area contributed by atoms with Crippen LogP contribution in [0.4, 0.5) is 5.69 Å². The third kappa shape index (κ3) is 4.92. The Labute approximate surface area is 186 Å². The lowest BCUT2D eigenvalue weighted by atomic mass is 9.97. The van der Waals surface area contributed by atoms with Crippen molar-refractivity contribution in [2.45, 2.75) is 19.4 Å². The highest BCUT2D eigenvalue weighted by molar-refractivity contribution is 7.13. The molecule has 3 aromatic rings. The van der Waals surface area contributed by atoms with Gasteiger partial charge in [0, 0.05) is 6.54 Å². The third-order valence-corrected chi connectivity index (χ3v) is 6.61. The number of nitrogens with one attached hydrogen (secondary N) is 1. The van der Waals surface area contributed by atoms with Crippen molar-refractivity contribution in [2.75, 3.05) is 18.4 Å². The fourth-order valence-corrected chi connectivity index (χ4v) is 4.53. The van der Waals surface area contributed by atoms with Crippen LogP contribution in [-0.4, -0.2) is 34.0 Å². The van der Waals surface area contributed by atoms with Gasteiger partial charge < -0.3 is 9.84 Å². The predicted molar refractivity (Wildman–Crippen MR) is 116 cm³/mol. The van der Waals surface area contributed by atoms with Crippen LogP contribution in [0.3, 0.4) is 0 Å². The zero-order valence-corrected chi connectivity index (χ0v) is 18.3. The lowest BCUT2D eigenvalue weighted by Crippen LogP contribution is -2.40. The van der Waals surface area contributed by atoms with Crippen molar-refractivity contribution >= 4 is 57.7 Å². The fourth-order valence-electron chi connectivity index (χ4n) is 3.28. The maximum atomic E-state index is 12.8. The van der Waals surface area contributed by atoms with Crippen LogP contribution in [0.15, 0.2) is 34.2 Å². The van der Waals surface area contributed by atoms with Crippen molar-refractivity contribution in [3.8, 4) is 10.7 Å². The van der Waals surface area contributed by atoms with Gasteiger partial charge in [-0.2, -0.15) is 4.98 Å². The van der Waals surface area contributed by atoms with E-state index in [1.807, 2.05) is 17.5 Å². The second kappa shape index (κ2) is 9.02. The molecule has 152 valence electrons. The molecule has 0 saturated carbocycles. The molecule has 0 spiro atoms. The minimum absolute atomic E-state index is 0.0974. The zero-order valence-electron chi connectivity index (χ0n) is 15.2. The summed E-state index contributed by atoms with van der Waals surface area (Å²) >= 11 is 19.7. The molecule has 1 unspecified atom stereocenters. The SMILES string of the molecule is O=C(Nc1cc(Cl)c(Cl)cc1Cl)C1CCCN(Cc2nc(-c3cccs3)no2)C1. The number of anilines is 1. The molecule has 0 radical (unpaired) electrons. The van der Waals surface area contributed by atoms with Gasteiger partial charge in [-0.1, -0.05) is 46.0 Å². The summed E-state index contributed by atoms with van der Waals surface area (Å²) in [6.07, 6.45) is 1.70. The second-order valence-corrected chi connectivity index (χ2v) is 8.97. The van der Waals surface area contributed by atoms with Gasteiger partial charge in [-0.05, 0) is 43.0 Å². The van der Waals surface area contributed by atoms with Crippen LogP contribution in [0.1, 0.15) is 18.7 Å². The number of hydrogen-bond acceptors (Lipinski definition) is 6. The molecule has 0 aliphatic carbocycles. The summed E-state index contributed by atoms with van der Waals surface area (Å²) in [5.41, 5.74) is 0.459. The van der Waals surface area contributed by atoms with Gasteiger partial charge in [-0.25, -0.2) is 0 Å². The molecule has 6 nitrogen and oxygen atoms in total. The van der Waals surface area contributed by atoms with Crippen molar-refractivity contribution < 1.29 is 9.32 Å². The Morgan fingerprint density at radius 2 is 2.10 bits per heavy atom. The molecule has 10 heteroatoms. The van der Waals surface area contributed by atoms with Crippen molar-refractivity contribution in [1.82, 2.24) is 15.0 Å². The Morgan fingerprint density at radius 1 is 1.28 bits per heavy atom. The van der Waals surface area contributed by atoms with Crippen LogP contribution in [0, 0.1) is 5.92 Å². The summed E-state index contributed by atoms with van der Waals surface area (Å²) in [5, 5.41) is 9.92. The minimum atomic E-state index is -0.172. The second-order valence-electron chi connectivity index (χ2n) is 6.80. The van der Waals surface area contributed by atoms with E-state index in [4.69, 9.17) is 39.3 Å². The molecule has 1 aromatic carbocycles. The van der Waals surface area contributed by atoms with Gasteiger partial charge in [-0.3, -0.25) is 9.69 Å². The number of piperidine rings is 1. The van der Waals surface area contributed by atoms with Gasteiger partial charge in [0.1, 0.15) is 0 Å². The van der Waals surface area contributed by atoms with Crippen molar-refractivity contribution in [1.29, 1.82) is 0 Å². The number of nitrogens with zero attached hydrogens (tertiary/aromatic N) is 3. The van der Waals surface area contributed by atoms with Gasteiger partial charge in [0.15, 0.2) is 0 Å². The van der Waals surface area contributed by atoms with E-state index in [2.05, 4.69) is 20.4 Å². The number of amides is 1. The normalized spacial score (nSPS) is 17.4. The highest BCUT2D eigenvalue weighted by Crippen LogP contribution is 2.33. The average molecular weight is 472 g/mol. The molecule has 2 aromatic heterocycles. The van der Waals surface area contributed by atoms with E-state index in [9.17, 15) is 4.79 Å². The summed E-state index contributed by atoms with van der Waals surface area (Å²) < 4.78 is 5.38. The van der Waals surface area contributed by atoms with E-state index in [0.717, 1.165) is 24.3 Å². The van der Waals surface area contributed by atoms with Crippen molar-refractivity contribution in [3.63, 3.8) is 0 Å². The molecule has 3 heterocycles. The first-order valence-electron chi connectivity index (χ1n) is 9.04. The lowest BCUT2D eigenvalue weighted by Gasteiger charge is -2.31. The Hall–Kier alpha value is -1.64. The van der Waals surface area contributed by atoms with E-state index in [1.54, 1.807) is 17.4 Å². The minimum Gasteiger partial charge on any atom is -0.338 e. The van der Waals surface area contributed by atoms with Crippen molar-refractivity contribution in [2.24, 2.45) is 5.92 Å². The number of carbonyl (C=O) groups excluding carboxylic acids is 1. The van der Waals surface area contributed by atoms with Gasteiger partial charge in [0.05, 0.1) is 38.1 Å². The first-order valence-corrected chi connectivity index (χ1v) is 11.0. The van der Waals surface area contributed by atoms with Crippen LogP contribution in [0.5, 0.6) is 0 Å². The molecule has 1 N–H and O–H groups in total. The molecule has 29 heavy (non-hydrogen) atoms. The number of thiophene rings is 1. The molecular weight excluding hydrogens is 455 g/mol. The van der Waals surface area contributed by atoms with E-state index < -0.39 is 0 Å². The molecular formula is C19H17Cl3N4O2S. The van der Waals surface area contributed by atoms with E-state index >= 15 is 0 Å². The molecule has 1 aliphatic rings. The van der Waals surface area contributed by atoms with Gasteiger partial charge in [0.2, 0.25) is 17.6 Å². The zero-order chi connectivity index (χ0) is 20.4. The number of aromatic nitrogens is 2. The van der Waals surface area contributed by atoms with E-state index in [-0.39, 0.29) is 11.8 Å².